The lowest BCUT2D eigenvalue weighted by Crippen LogP contribution is -2.52. The van der Waals surface area contributed by atoms with Crippen molar-refractivity contribution in [1.82, 2.24) is 4.31 Å². The lowest BCUT2D eigenvalue weighted by molar-refractivity contribution is -0.145. The minimum Gasteiger partial charge on any atom is -0.481 e. The molecule has 1 fully saturated rings. The van der Waals surface area contributed by atoms with E-state index in [1.54, 1.807) is 12.1 Å². The highest BCUT2D eigenvalue weighted by atomic mass is 32.2. The molecule has 2 rings (SSSR count). The molecule has 1 aliphatic heterocycles. The van der Waals surface area contributed by atoms with Crippen molar-refractivity contribution in [2.75, 3.05) is 13.1 Å². The molecule has 0 radical (unpaired) electrons. The van der Waals surface area contributed by atoms with Crippen LogP contribution in [0.2, 0.25) is 0 Å². The Morgan fingerprint density at radius 3 is 2.56 bits per heavy atom. The first-order valence-corrected chi connectivity index (χ1v) is 6.96. The Morgan fingerprint density at radius 1 is 1.50 bits per heavy atom. The summed E-state index contributed by atoms with van der Waals surface area (Å²) >= 11 is 1.20. The van der Waals surface area contributed by atoms with E-state index in [-0.39, 0.29) is 17.3 Å². The van der Waals surface area contributed by atoms with Crippen LogP contribution in [-0.2, 0) is 14.8 Å². The van der Waals surface area contributed by atoms with E-state index in [2.05, 4.69) is 0 Å². The van der Waals surface area contributed by atoms with Gasteiger partial charge in [0.05, 0.1) is 5.92 Å². The van der Waals surface area contributed by atoms with Gasteiger partial charge in [0.2, 0.25) is 0 Å². The molecule has 1 aliphatic rings. The van der Waals surface area contributed by atoms with Gasteiger partial charge < -0.3 is 5.11 Å². The highest BCUT2D eigenvalue weighted by Gasteiger charge is 2.40. The number of thiophene rings is 1. The zero-order chi connectivity index (χ0) is 11.9. The summed E-state index contributed by atoms with van der Waals surface area (Å²) in [7, 11) is -3.46. The molecular formula is C9H11NO4S2. The Labute approximate surface area is 97.4 Å². The number of carbonyl (C=O) groups is 1. The van der Waals surface area contributed by atoms with E-state index in [1.807, 2.05) is 6.92 Å². The van der Waals surface area contributed by atoms with Gasteiger partial charge in [0.15, 0.2) is 0 Å². The second-order valence-corrected chi connectivity index (χ2v) is 7.17. The van der Waals surface area contributed by atoms with Crippen LogP contribution in [-0.4, -0.2) is 36.9 Å². The Bertz CT molecular complexity index is 513. The van der Waals surface area contributed by atoms with E-state index in [0.717, 1.165) is 4.88 Å². The van der Waals surface area contributed by atoms with E-state index < -0.39 is 21.9 Å². The average molecular weight is 261 g/mol. The van der Waals surface area contributed by atoms with E-state index in [4.69, 9.17) is 5.11 Å². The second kappa shape index (κ2) is 3.83. The molecule has 1 aromatic rings. The Balaban J connectivity index is 2.14. The first-order valence-electron chi connectivity index (χ1n) is 4.70. The van der Waals surface area contributed by atoms with Crippen molar-refractivity contribution in [3.05, 3.63) is 17.0 Å². The maximum atomic E-state index is 11.9. The standard InChI is InChI=1S/C9H11NO4S2/c1-6-2-3-8(15-6)16(13,14)10-4-7(5-10)9(11)12/h2-3,7H,4-5H2,1H3,(H,11,12). The summed E-state index contributed by atoms with van der Waals surface area (Å²) in [6.45, 7) is 1.99. The monoisotopic (exact) mass is 261 g/mol. The summed E-state index contributed by atoms with van der Waals surface area (Å²) < 4.78 is 25.4. The zero-order valence-corrected chi connectivity index (χ0v) is 10.2. The molecule has 0 aromatic carbocycles. The molecule has 0 unspecified atom stereocenters. The zero-order valence-electron chi connectivity index (χ0n) is 8.58. The van der Waals surface area contributed by atoms with Gasteiger partial charge >= 0.3 is 5.97 Å². The number of carboxylic acid groups (broad SMARTS) is 1. The van der Waals surface area contributed by atoms with Crippen molar-refractivity contribution in [2.24, 2.45) is 5.92 Å². The molecule has 2 heterocycles. The molecule has 16 heavy (non-hydrogen) atoms. The summed E-state index contributed by atoms with van der Waals surface area (Å²) in [4.78, 5) is 11.5. The van der Waals surface area contributed by atoms with Crippen LogP contribution in [0.15, 0.2) is 16.3 Å². The predicted molar refractivity (Wildman–Crippen MR) is 58.9 cm³/mol. The number of nitrogens with zero attached hydrogens (tertiary/aromatic N) is 1. The summed E-state index contributed by atoms with van der Waals surface area (Å²) in [5.74, 6) is -1.50. The fourth-order valence-corrected chi connectivity index (χ4v) is 4.44. The van der Waals surface area contributed by atoms with Crippen molar-refractivity contribution >= 4 is 27.3 Å². The topological polar surface area (TPSA) is 74.7 Å². The first kappa shape index (κ1) is 11.6. The maximum absolute atomic E-state index is 11.9. The normalized spacial score (nSPS) is 18.3. The SMILES string of the molecule is Cc1ccc(S(=O)(=O)N2CC(C(=O)O)C2)s1. The molecule has 0 amide bonds. The first-order chi connectivity index (χ1) is 7.41. The third kappa shape index (κ3) is 1.85. The minimum atomic E-state index is -3.46. The largest absolute Gasteiger partial charge is 0.481 e. The Kier molecular flexibility index (Phi) is 2.77. The highest BCUT2D eigenvalue weighted by molar-refractivity contribution is 7.91. The quantitative estimate of drug-likeness (QED) is 0.871. The number of rotatable bonds is 3. The molecule has 7 heteroatoms. The van der Waals surface area contributed by atoms with Gasteiger partial charge in [-0.05, 0) is 19.1 Å². The summed E-state index contributed by atoms with van der Waals surface area (Å²) in [6, 6.07) is 3.30. The van der Waals surface area contributed by atoms with Crippen LogP contribution >= 0.6 is 11.3 Å². The van der Waals surface area contributed by atoms with Crippen LogP contribution in [0.3, 0.4) is 0 Å². The van der Waals surface area contributed by atoms with Crippen LogP contribution < -0.4 is 0 Å². The Morgan fingerprint density at radius 2 is 2.12 bits per heavy atom. The summed E-state index contributed by atoms with van der Waals surface area (Å²) in [5, 5.41) is 8.67. The molecule has 0 bridgehead atoms. The van der Waals surface area contributed by atoms with Gasteiger partial charge in [-0.2, -0.15) is 4.31 Å². The summed E-state index contributed by atoms with van der Waals surface area (Å²) in [6.07, 6.45) is 0. The molecule has 1 N–H and O–H groups in total. The number of carboxylic acids is 1. The van der Waals surface area contributed by atoms with E-state index in [0.29, 0.717) is 0 Å². The molecule has 0 aliphatic carbocycles. The van der Waals surface area contributed by atoms with Gasteiger partial charge in [-0.15, -0.1) is 11.3 Å². The fraction of sp³-hybridized carbons (Fsp3) is 0.444. The smallest absolute Gasteiger partial charge is 0.309 e. The summed E-state index contributed by atoms with van der Waals surface area (Å²) in [5.41, 5.74) is 0. The van der Waals surface area contributed by atoms with E-state index in [1.165, 1.54) is 15.6 Å². The third-order valence-electron chi connectivity index (χ3n) is 2.51. The van der Waals surface area contributed by atoms with Crippen molar-refractivity contribution in [1.29, 1.82) is 0 Å². The van der Waals surface area contributed by atoms with Gasteiger partial charge in [-0.25, -0.2) is 8.42 Å². The number of hydrogen-bond donors (Lipinski definition) is 1. The third-order valence-corrected chi connectivity index (χ3v) is 5.81. The van der Waals surface area contributed by atoms with Crippen molar-refractivity contribution in [2.45, 2.75) is 11.1 Å². The van der Waals surface area contributed by atoms with Gasteiger partial charge in [0, 0.05) is 18.0 Å². The van der Waals surface area contributed by atoms with Crippen molar-refractivity contribution in [3.8, 4) is 0 Å². The van der Waals surface area contributed by atoms with Crippen molar-refractivity contribution < 1.29 is 18.3 Å². The lowest BCUT2D eigenvalue weighted by atomic mass is 10.0. The van der Waals surface area contributed by atoms with Gasteiger partial charge in [-0.1, -0.05) is 0 Å². The van der Waals surface area contributed by atoms with Crippen LogP contribution in [0.1, 0.15) is 4.88 Å². The molecule has 0 saturated carbocycles. The van der Waals surface area contributed by atoms with E-state index >= 15 is 0 Å². The van der Waals surface area contributed by atoms with Crippen LogP contribution in [0.25, 0.3) is 0 Å². The van der Waals surface area contributed by atoms with Gasteiger partial charge in [-0.3, -0.25) is 4.79 Å². The molecular weight excluding hydrogens is 250 g/mol. The van der Waals surface area contributed by atoms with Crippen molar-refractivity contribution in [3.63, 3.8) is 0 Å². The van der Waals surface area contributed by atoms with E-state index in [9.17, 15) is 13.2 Å². The molecule has 88 valence electrons. The molecule has 5 nitrogen and oxygen atoms in total. The molecule has 0 spiro atoms. The average Bonchev–Trinajstić information content (AvgIpc) is 2.47. The van der Waals surface area contributed by atoms with Crippen LogP contribution in [0.5, 0.6) is 0 Å². The molecule has 0 atom stereocenters. The van der Waals surface area contributed by atoms with Crippen LogP contribution in [0.4, 0.5) is 0 Å². The number of aryl methyl sites for hydroxylation is 1. The Hall–Kier alpha value is -0.920. The van der Waals surface area contributed by atoms with Gasteiger partial charge in [0.1, 0.15) is 4.21 Å². The number of sulfonamides is 1. The molecule has 1 saturated heterocycles. The maximum Gasteiger partial charge on any atom is 0.309 e. The molecule has 1 aromatic heterocycles. The number of hydrogen-bond acceptors (Lipinski definition) is 4. The fourth-order valence-electron chi connectivity index (χ4n) is 1.47. The van der Waals surface area contributed by atoms with Crippen LogP contribution in [0, 0.1) is 12.8 Å². The minimum absolute atomic E-state index is 0.0780. The second-order valence-electron chi connectivity index (χ2n) is 3.72. The predicted octanol–water partition coefficient (Wildman–Crippen LogP) is 0.762. The lowest BCUT2D eigenvalue weighted by Gasteiger charge is -2.34. The van der Waals surface area contributed by atoms with Gasteiger partial charge in [0.25, 0.3) is 10.0 Å². The number of aliphatic carboxylic acids is 1. The highest BCUT2D eigenvalue weighted by Crippen LogP contribution is 2.29.